The van der Waals surface area contributed by atoms with Crippen LogP contribution in [0.3, 0.4) is 0 Å². The fourth-order valence-electron chi connectivity index (χ4n) is 5.58. The van der Waals surface area contributed by atoms with Crippen molar-refractivity contribution in [3.8, 4) is 11.5 Å². The van der Waals surface area contributed by atoms with Gasteiger partial charge in [-0.2, -0.15) is 0 Å². The van der Waals surface area contributed by atoms with Crippen molar-refractivity contribution < 1.29 is 14.3 Å². The maximum atomic E-state index is 9.20. The van der Waals surface area contributed by atoms with Crippen molar-refractivity contribution in [1.82, 2.24) is 0 Å². The zero-order valence-corrected chi connectivity index (χ0v) is 20.9. The van der Waals surface area contributed by atoms with Gasteiger partial charge in [0.15, 0.2) is 0 Å². The van der Waals surface area contributed by atoms with Gasteiger partial charge < -0.3 is 9.64 Å². The first kappa shape index (κ1) is 14.9. The molecular weight excluding hydrogens is 457 g/mol. The van der Waals surface area contributed by atoms with Crippen LogP contribution in [0.15, 0.2) is 78.8 Å². The van der Waals surface area contributed by atoms with Crippen LogP contribution >= 0.6 is 11.3 Å². The second-order valence-electron chi connectivity index (χ2n) is 10.6. The molecule has 0 amide bonds. The minimum Gasteiger partial charge on any atom is -0.458 e. The van der Waals surface area contributed by atoms with Gasteiger partial charge >= 0.3 is 0 Å². The highest BCUT2D eigenvalue weighted by Gasteiger charge is 2.44. The smallest absolute Gasteiger partial charge is 0.268 e. The van der Waals surface area contributed by atoms with Gasteiger partial charge in [0, 0.05) is 31.7 Å². The first-order valence-corrected chi connectivity index (χ1v) is 13.0. The maximum absolute atomic E-state index is 9.20. The minimum atomic E-state index is -2.18. The molecule has 36 heavy (non-hydrogen) atoms. The summed E-state index contributed by atoms with van der Waals surface area (Å²) in [7, 11) is 0. The molecule has 0 radical (unpaired) electrons. The molecule has 3 aliphatic rings. The Balaban J connectivity index is 1.52. The van der Waals surface area contributed by atoms with Gasteiger partial charge in [0.1, 0.15) is 11.5 Å². The average Bonchev–Trinajstić information content (AvgIpc) is 3.36. The predicted molar refractivity (Wildman–Crippen MR) is 154 cm³/mol. The van der Waals surface area contributed by atoms with Gasteiger partial charge in [0.05, 0.1) is 9.80 Å². The molecule has 0 bridgehead atoms. The van der Waals surface area contributed by atoms with Crippen LogP contribution in [0.4, 0.5) is 17.1 Å². The molecule has 0 unspecified atom stereocenters. The summed E-state index contributed by atoms with van der Waals surface area (Å²) in [6, 6.07) is 19.0. The monoisotopic (exact) mass is 490 g/mol. The normalized spacial score (nSPS) is 20.6. The fourth-order valence-corrected chi connectivity index (χ4v) is 6.88. The molecule has 0 fully saturated rings. The van der Waals surface area contributed by atoms with Crippen molar-refractivity contribution in [2.75, 3.05) is 4.90 Å². The highest BCUT2D eigenvalue weighted by molar-refractivity contribution is 7.33. The van der Waals surface area contributed by atoms with Crippen LogP contribution in [0.5, 0.6) is 11.5 Å². The van der Waals surface area contributed by atoms with Crippen LogP contribution in [0, 0.1) is 0 Å². The molecule has 0 saturated carbocycles. The van der Waals surface area contributed by atoms with Crippen LogP contribution in [0.1, 0.15) is 47.1 Å². The average molecular weight is 490 g/mol. The van der Waals surface area contributed by atoms with E-state index in [0.29, 0.717) is 27.9 Å². The van der Waals surface area contributed by atoms with Crippen molar-refractivity contribution in [1.29, 1.82) is 0 Å². The Labute approximate surface area is 226 Å². The predicted octanol–water partition coefficient (Wildman–Crippen LogP) is 6.70. The summed E-state index contributed by atoms with van der Waals surface area (Å²) in [6.07, 6.45) is -4.34. The van der Waals surface area contributed by atoms with E-state index in [9.17, 15) is 1.37 Å². The number of nitrogens with zero attached hydrogens (tertiary/aromatic N) is 1. The highest BCUT2D eigenvalue weighted by atomic mass is 32.1. The van der Waals surface area contributed by atoms with E-state index < -0.39 is 19.5 Å². The van der Waals surface area contributed by atoms with E-state index >= 15 is 0 Å². The molecule has 2 aliphatic heterocycles. The van der Waals surface area contributed by atoms with Crippen molar-refractivity contribution in [2.45, 2.75) is 38.9 Å². The molecule has 4 aromatic carbocycles. The van der Waals surface area contributed by atoms with E-state index in [2.05, 4.69) is 39.0 Å². The van der Waals surface area contributed by atoms with Gasteiger partial charge in [-0.3, -0.25) is 0 Å². The first-order valence-electron chi connectivity index (χ1n) is 15.7. The van der Waals surface area contributed by atoms with Crippen LogP contribution < -0.4 is 25.3 Å². The molecule has 0 atom stereocenters. The number of ether oxygens (including phenoxy) is 1. The van der Waals surface area contributed by atoms with E-state index in [1.165, 1.54) is 0 Å². The summed E-state index contributed by atoms with van der Waals surface area (Å²) in [5.74, 6) is 0.551. The van der Waals surface area contributed by atoms with Gasteiger partial charge in [0.2, 0.25) is 0 Å². The molecule has 4 heteroatoms. The van der Waals surface area contributed by atoms with Crippen LogP contribution in [-0.2, 0) is 18.2 Å². The van der Waals surface area contributed by atoms with E-state index in [0.717, 1.165) is 31.8 Å². The number of anilines is 3. The van der Waals surface area contributed by atoms with E-state index in [1.54, 1.807) is 23.5 Å². The lowest BCUT2D eigenvalue weighted by atomic mass is 9.36. The molecular formula is C32H26BNOS. The minimum absolute atomic E-state index is 0.0720. The van der Waals surface area contributed by atoms with Gasteiger partial charge in [-0.05, 0) is 88.2 Å². The van der Waals surface area contributed by atoms with Gasteiger partial charge in [-0.15, -0.1) is 11.3 Å². The number of rotatable bonds is 1. The summed E-state index contributed by atoms with van der Waals surface area (Å²) >= 11 is 1.63. The topological polar surface area (TPSA) is 12.5 Å². The SMILES string of the molecule is [2H]c1c([2H])c2c3c(c1[2H])N(c1ccccc1)c1c(sc4ccc(C(C)(C)C)cc14)B3c1cc3c(cc1O2)C([2H])([2H])C3([2H])[2H]. The third kappa shape index (κ3) is 2.74. The quantitative estimate of drug-likeness (QED) is 0.238. The summed E-state index contributed by atoms with van der Waals surface area (Å²) in [5.41, 5.74) is 5.09. The first-order chi connectivity index (χ1) is 20.2. The second kappa shape index (κ2) is 7.05. The number of aryl methyl sites for hydroxylation is 2. The van der Waals surface area contributed by atoms with E-state index in [4.69, 9.17) is 13.0 Å². The molecule has 3 heterocycles. The molecule has 174 valence electrons. The number of benzene rings is 4. The lowest BCUT2D eigenvalue weighted by Gasteiger charge is -2.39. The van der Waals surface area contributed by atoms with Gasteiger partial charge in [-0.1, -0.05) is 57.1 Å². The fraction of sp³-hybridized carbons (Fsp3) is 0.188. The molecule has 2 nitrogen and oxygen atoms in total. The maximum Gasteiger partial charge on any atom is 0.268 e. The van der Waals surface area contributed by atoms with Crippen molar-refractivity contribution in [3.63, 3.8) is 0 Å². The summed E-state index contributed by atoms with van der Waals surface area (Å²) in [4.78, 5) is 2.03. The lowest BCUT2D eigenvalue weighted by molar-refractivity contribution is 0.485. The van der Waals surface area contributed by atoms with Crippen LogP contribution in [0.25, 0.3) is 10.1 Å². The van der Waals surface area contributed by atoms with Crippen molar-refractivity contribution in [2.24, 2.45) is 0 Å². The summed E-state index contributed by atoms with van der Waals surface area (Å²) in [5, 5.41) is 1.02. The Bertz CT molecular complexity index is 2050. The van der Waals surface area contributed by atoms with Crippen molar-refractivity contribution >= 4 is 60.9 Å². The number of hydrogen-bond acceptors (Lipinski definition) is 3. The van der Waals surface area contributed by atoms with Gasteiger partial charge in [0.25, 0.3) is 6.71 Å². The zero-order valence-electron chi connectivity index (χ0n) is 27.1. The standard InChI is InChI=1S/C32H26BNOS/c1-32(2,3)21-14-15-28-23(18-21)30-31(36-28)33-24-16-19-12-13-20(19)17-27(24)35-26-11-7-10-25(29(26)33)34(30)22-8-5-4-6-9-22/h4-11,14-18H,12-13H2,1-3H3/i7D,10D,11D,12D2,13D2. The number of fused-ring (bicyclic) bond motifs is 7. The Hall–Kier alpha value is -3.50. The Morgan fingerprint density at radius 2 is 1.78 bits per heavy atom. The summed E-state index contributed by atoms with van der Waals surface area (Å²) < 4.78 is 69.0. The van der Waals surface area contributed by atoms with Crippen LogP contribution in [0.2, 0.25) is 0 Å². The molecule has 5 aromatic rings. The number of thiophene rings is 1. The van der Waals surface area contributed by atoms with E-state index in [1.807, 2.05) is 35.2 Å². The molecule has 0 spiro atoms. The van der Waals surface area contributed by atoms with Crippen LogP contribution in [-0.4, -0.2) is 6.71 Å². The third-order valence-electron chi connectivity index (χ3n) is 7.43. The molecule has 0 saturated heterocycles. The number of para-hydroxylation sites is 1. The van der Waals surface area contributed by atoms with E-state index in [-0.39, 0.29) is 34.9 Å². The zero-order chi connectivity index (χ0) is 30.4. The molecule has 0 N–H and O–H groups in total. The molecule has 1 aliphatic carbocycles. The Morgan fingerprint density at radius 3 is 2.58 bits per heavy atom. The third-order valence-corrected chi connectivity index (χ3v) is 8.65. The largest absolute Gasteiger partial charge is 0.458 e. The lowest BCUT2D eigenvalue weighted by Crippen LogP contribution is -2.58. The van der Waals surface area contributed by atoms with Gasteiger partial charge in [-0.25, -0.2) is 0 Å². The Morgan fingerprint density at radius 1 is 0.972 bits per heavy atom. The second-order valence-corrected chi connectivity index (χ2v) is 11.7. The molecule has 8 rings (SSSR count). The molecule has 1 aromatic heterocycles. The Kier molecular flexibility index (Phi) is 2.92. The number of hydrogen-bond donors (Lipinski definition) is 0. The summed E-state index contributed by atoms with van der Waals surface area (Å²) in [6.45, 7) is 6.03. The van der Waals surface area contributed by atoms with Crippen molar-refractivity contribution in [3.05, 3.63) is 95.5 Å². The highest BCUT2D eigenvalue weighted by Crippen LogP contribution is 2.46.